The minimum atomic E-state index is -0.0564. The van der Waals surface area contributed by atoms with Crippen LogP contribution in [-0.2, 0) is 9.53 Å². The number of hydrogen-bond acceptors (Lipinski definition) is 3. The van der Waals surface area contributed by atoms with Crippen LogP contribution < -0.4 is 0 Å². The Morgan fingerprint density at radius 1 is 1.30 bits per heavy atom. The van der Waals surface area contributed by atoms with Gasteiger partial charge in [-0.25, -0.2) is 0 Å². The summed E-state index contributed by atoms with van der Waals surface area (Å²) in [6.45, 7) is 7.59. The average molecular weight is 295 g/mol. The van der Waals surface area contributed by atoms with E-state index >= 15 is 0 Å². The van der Waals surface area contributed by atoms with Crippen molar-refractivity contribution in [2.24, 2.45) is 5.92 Å². The van der Waals surface area contributed by atoms with Gasteiger partial charge in [-0.3, -0.25) is 4.79 Å². The first-order chi connectivity index (χ1) is 9.68. The van der Waals surface area contributed by atoms with Crippen molar-refractivity contribution in [1.29, 1.82) is 0 Å². The van der Waals surface area contributed by atoms with Crippen LogP contribution in [0.25, 0.3) is 0 Å². The summed E-state index contributed by atoms with van der Waals surface area (Å²) in [6, 6.07) is 0.473. The Balaban J connectivity index is 1.73. The van der Waals surface area contributed by atoms with Crippen molar-refractivity contribution in [2.75, 3.05) is 18.9 Å². The highest BCUT2D eigenvalue weighted by Gasteiger charge is 2.42. The summed E-state index contributed by atoms with van der Waals surface area (Å²) in [5.74, 6) is 1.43. The zero-order valence-electron chi connectivity index (χ0n) is 12.3. The Morgan fingerprint density at radius 3 is 2.90 bits per heavy atom. The molecule has 112 valence electrons. The van der Waals surface area contributed by atoms with Crippen molar-refractivity contribution in [3.63, 3.8) is 0 Å². The van der Waals surface area contributed by atoms with Gasteiger partial charge in [-0.1, -0.05) is 25.0 Å². The molecule has 2 saturated heterocycles. The normalized spacial score (nSPS) is 37.5. The molecule has 3 nitrogen and oxygen atoms in total. The Morgan fingerprint density at radius 2 is 2.10 bits per heavy atom. The van der Waals surface area contributed by atoms with Gasteiger partial charge in [0.2, 0.25) is 5.91 Å². The van der Waals surface area contributed by atoms with Gasteiger partial charge in [0.15, 0.2) is 0 Å². The highest BCUT2D eigenvalue weighted by molar-refractivity contribution is 8.00. The molecule has 4 atom stereocenters. The smallest absolute Gasteiger partial charge is 0.229 e. The Kier molecular flexibility index (Phi) is 4.41. The highest BCUT2D eigenvalue weighted by atomic mass is 32.2. The number of carbonyl (C=O) groups excluding carboxylic acids is 1. The summed E-state index contributed by atoms with van der Waals surface area (Å²) in [5.41, 5.74) is 0.993. The molecule has 3 rings (SSSR count). The van der Waals surface area contributed by atoms with Gasteiger partial charge in [-0.2, -0.15) is 11.8 Å². The van der Waals surface area contributed by atoms with Crippen LogP contribution in [0.2, 0.25) is 0 Å². The third-order valence-corrected chi connectivity index (χ3v) is 6.31. The fourth-order valence-electron chi connectivity index (χ4n) is 3.91. The van der Waals surface area contributed by atoms with Crippen molar-refractivity contribution in [2.45, 2.75) is 56.4 Å². The summed E-state index contributed by atoms with van der Waals surface area (Å²) in [4.78, 5) is 15.2. The van der Waals surface area contributed by atoms with Crippen molar-refractivity contribution in [3.8, 4) is 0 Å². The summed E-state index contributed by atoms with van der Waals surface area (Å²) >= 11 is 2.08. The zero-order chi connectivity index (χ0) is 14.1. The summed E-state index contributed by atoms with van der Waals surface area (Å²) in [7, 11) is 0. The molecule has 1 aliphatic carbocycles. The first kappa shape index (κ1) is 14.5. The first-order valence-electron chi connectivity index (χ1n) is 7.87. The van der Waals surface area contributed by atoms with Crippen LogP contribution in [0.5, 0.6) is 0 Å². The van der Waals surface area contributed by atoms with Gasteiger partial charge in [-0.15, -0.1) is 0 Å². The third kappa shape index (κ3) is 2.64. The quantitative estimate of drug-likeness (QED) is 0.734. The van der Waals surface area contributed by atoms with Gasteiger partial charge < -0.3 is 9.64 Å². The molecule has 2 aliphatic heterocycles. The molecular weight excluding hydrogens is 270 g/mol. The van der Waals surface area contributed by atoms with E-state index in [9.17, 15) is 4.79 Å². The fourth-order valence-corrected chi connectivity index (χ4v) is 5.35. The minimum absolute atomic E-state index is 0.0122. The maximum Gasteiger partial charge on any atom is 0.229 e. The molecule has 0 unspecified atom stereocenters. The average Bonchev–Trinajstić information content (AvgIpc) is 2.95. The Bertz CT molecular complexity index is 396. The molecule has 3 aliphatic rings. The van der Waals surface area contributed by atoms with Crippen molar-refractivity contribution in [3.05, 3.63) is 12.2 Å². The standard InChI is InChI=1S/C16H25NO2S/c1-11(2)15-12(7-9-19-15)16(18)17-8-10-20-14-6-4-3-5-13(14)17/h12-15H,1,3-10H2,2H3/t12-,13-,14+,15-/m1/s1. The summed E-state index contributed by atoms with van der Waals surface area (Å²) in [5, 5.41) is 0.673. The predicted molar refractivity (Wildman–Crippen MR) is 82.9 cm³/mol. The van der Waals surface area contributed by atoms with Crippen molar-refractivity contribution in [1.82, 2.24) is 4.90 Å². The number of amides is 1. The second-order valence-electron chi connectivity index (χ2n) is 6.33. The van der Waals surface area contributed by atoms with Gasteiger partial charge in [0, 0.05) is 30.2 Å². The first-order valence-corrected chi connectivity index (χ1v) is 8.92. The topological polar surface area (TPSA) is 29.5 Å². The van der Waals surface area contributed by atoms with Crippen LogP contribution in [0, 0.1) is 5.92 Å². The molecule has 0 spiro atoms. The monoisotopic (exact) mass is 295 g/mol. The van der Waals surface area contributed by atoms with Gasteiger partial charge in [0.05, 0.1) is 12.0 Å². The SMILES string of the molecule is C=C(C)[C@H]1OCC[C@H]1C(=O)N1CCS[C@H]2CCCC[C@H]21. The van der Waals surface area contributed by atoms with Crippen LogP contribution in [-0.4, -0.2) is 47.1 Å². The van der Waals surface area contributed by atoms with Crippen LogP contribution >= 0.6 is 11.8 Å². The molecule has 0 bridgehead atoms. The lowest BCUT2D eigenvalue weighted by Crippen LogP contribution is -2.54. The van der Waals surface area contributed by atoms with Crippen LogP contribution in [0.3, 0.4) is 0 Å². The number of carbonyl (C=O) groups is 1. The lowest BCUT2D eigenvalue weighted by Gasteiger charge is -2.44. The van der Waals surface area contributed by atoms with Crippen molar-refractivity contribution < 1.29 is 9.53 Å². The van der Waals surface area contributed by atoms with Gasteiger partial charge in [0.1, 0.15) is 0 Å². The van der Waals surface area contributed by atoms with E-state index in [0.29, 0.717) is 23.8 Å². The lowest BCUT2D eigenvalue weighted by atomic mass is 9.90. The van der Waals surface area contributed by atoms with E-state index < -0.39 is 0 Å². The number of fused-ring (bicyclic) bond motifs is 1. The van der Waals surface area contributed by atoms with Crippen LogP contribution in [0.4, 0.5) is 0 Å². The Hall–Kier alpha value is -0.480. The van der Waals surface area contributed by atoms with Gasteiger partial charge in [0.25, 0.3) is 0 Å². The molecule has 1 amide bonds. The number of nitrogens with zero attached hydrogens (tertiary/aromatic N) is 1. The highest BCUT2D eigenvalue weighted by Crippen LogP contribution is 2.37. The second-order valence-corrected chi connectivity index (χ2v) is 7.67. The molecule has 2 heterocycles. The molecule has 0 aromatic rings. The predicted octanol–water partition coefficient (Wildman–Crippen LogP) is 2.85. The molecule has 3 fully saturated rings. The van der Waals surface area contributed by atoms with E-state index in [1.165, 1.54) is 25.7 Å². The number of rotatable bonds is 2. The van der Waals surface area contributed by atoms with E-state index in [0.717, 1.165) is 24.3 Å². The molecule has 0 N–H and O–H groups in total. The fraction of sp³-hybridized carbons (Fsp3) is 0.812. The zero-order valence-corrected chi connectivity index (χ0v) is 13.2. The van der Waals surface area contributed by atoms with E-state index in [4.69, 9.17) is 4.74 Å². The molecule has 0 aromatic heterocycles. The minimum Gasteiger partial charge on any atom is -0.373 e. The van der Waals surface area contributed by atoms with E-state index in [-0.39, 0.29) is 12.0 Å². The Labute approximate surface area is 126 Å². The molecule has 0 radical (unpaired) electrons. The molecule has 20 heavy (non-hydrogen) atoms. The maximum atomic E-state index is 13.0. The van der Waals surface area contributed by atoms with Crippen LogP contribution in [0.15, 0.2) is 12.2 Å². The lowest BCUT2D eigenvalue weighted by molar-refractivity contribution is -0.139. The molecule has 1 saturated carbocycles. The maximum absolute atomic E-state index is 13.0. The number of ether oxygens (including phenoxy) is 1. The van der Waals surface area contributed by atoms with Gasteiger partial charge >= 0.3 is 0 Å². The largest absolute Gasteiger partial charge is 0.373 e. The third-order valence-electron chi connectivity index (χ3n) is 4.91. The summed E-state index contributed by atoms with van der Waals surface area (Å²) in [6.07, 6.45) is 5.88. The van der Waals surface area contributed by atoms with E-state index in [2.05, 4.69) is 23.2 Å². The molecule has 4 heteroatoms. The number of thioether (sulfide) groups is 1. The molecule has 0 aromatic carbocycles. The van der Waals surface area contributed by atoms with Crippen LogP contribution in [0.1, 0.15) is 39.0 Å². The molecular formula is C16H25NO2S. The van der Waals surface area contributed by atoms with Gasteiger partial charge in [-0.05, 0) is 26.2 Å². The van der Waals surface area contributed by atoms with Crippen molar-refractivity contribution >= 4 is 17.7 Å². The number of hydrogen-bond donors (Lipinski definition) is 0. The van der Waals surface area contributed by atoms with E-state index in [1.54, 1.807) is 0 Å². The summed E-state index contributed by atoms with van der Waals surface area (Å²) < 4.78 is 5.72. The second kappa shape index (κ2) is 6.10. The van der Waals surface area contributed by atoms with E-state index in [1.807, 2.05) is 6.92 Å².